The van der Waals surface area contributed by atoms with E-state index in [1.54, 1.807) is 6.92 Å². The largest absolute Gasteiger partial charge is 0.480 e. The van der Waals surface area contributed by atoms with E-state index in [2.05, 4.69) is 6.92 Å². The lowest BCUT2D eigenvalue weighted by atomic mass is 9.71. The lowest BCUT2D eigenvalue weighted by Gasteiger charge is -2.47. The van der Waals surface area contributed by atoms with Crippen LogP contribution in [0.15, 0.2) is 27.4 Å². The minimum atomic E-state index is -0.666. The minimum Gasteiger partial charge on any atom is -0.480 e. The number of benzene rings is 1. The first-order valence-electron chi connectivity index (χ1n) is 11.6. The third-order valence-corrected chi connectivity index (χ3v) is 6.94. The maximum absolute atomic E-state index is 13.2. The van der Waals surface area contributed by atoms with Crippen molar-refractivity contribution in [1.29, 1.82) is 0 Å². The number of fused-ring (bicyclic) bond motifs is 2. The fraction of sp³-hybridized carbons (Fsp3) is 0.600. The number of likely N-dealkylation sites (tertiary alicyclic amines) is 1. The van der Waals surface area contributed by atoms with Crippen LogP contribution in [0.25, 0.3) is 11.0 Å². The van der Waals surface area contributed by atoms with Gasteiger partial charge in [0, 0.05) is 25.1 Å². The maximum Gasteiger partial charge on any atom is 0.336 e. The van der Waals surface area contributed by atoms with Crippen molar-refractivity contribution < 1.29 is 19.1 Å². The number of aryl methyl sites for hydroxylation is 2. The van der Waals surface area contributed by atoms with Crippen LogP contribution in [0.5, 0.6) is 5.75 Å². The summed E-state index contributed by atoms with van der Waals surface area (Å²) in [4.78, 5) is 27.1. The molecular formula is C25H33NO5. The number of rotatable bonds is 5. The summed E-state index contributed by atoms with van der Waals surface area (Å²) >= 11 is 0. The van der Waals surface area contributed by atoms with Crippen LogP contribution < -0.4 is 10.4 Å². The van der Waals surface area contributed by atoms with Gasteiger partial charge in [-0.25, -0.2) is 4.79 Å². The first-order valence-corrected chi connectivity index (χ1v) is 11.6. The molecule has 1 aliphatic heterocycles. The Labute approximate surface area is 183 Å². The van der Waals surface area contributed by atoms with Gasteiger partial charge in [-0.2, -0.15) is 0 Å². The quantitative estimate of drug-likeness (QED) is 0.730. The van der Waals surface area contributed by atoms with E-state index in [0.29, 0.717) is 30.8 Å². The molecule has 6 heteroatoms. The Bertz CT molecular complexity index is 1030. The molecule has 2 aliphatic rings. The Morgan fingerprint density at radius 1 is 1.32 bits per heavy atom. The van der Waals surface area contributed by atoms with Gasteiger partial charge >= 0.3 is 5.63 Å². The monoisotopic (exact) mass is 427 g/mol. The number of hydrogen-bond acceptors (Lipinski definition) is 5. The van der Waals surface area contributed by atoms with Gasteiger partial charge in [0.25, 0.3) is 5.91 Å². The molecule has 3 atom stereocenters. The third-order valence-electron chi connectivity index (χ3n) is 6.94. The lowest BCUT2D eigenvalue weighted by Crippen LogP contribution is -2.56. The van der Waals surface area contributed by atoms with Gasteiger partial charge in [0.05, 0.1) is 11.0 Å². The molecule has 1 aromatic carbocycles. The summed E-state index contributed by atoms with van der Waals surface area (Å²) in [6.45, 7) is 6.90. The first-order chi connectivity index (χ1) is 14.8. The van der Waals surface area contributed by atoms with Crippen LogP contribution in [0, 0.1) is 12.8 Å². The van der Waals surface area contributed by atoms with Gasteiger partial charge in [-0.15, -0.1) is 0 Å². The maximum atomic E-state index is 13.2. The Kier molecular flexibility index (Phi) is 6.11. The highest BCUT2D eigenvalue weighted by molar-refractivity contribution is 5.88. The van der Waals surface area contributed by atoms with E-state index in [1.807, 2.05) is 24.0 Å². The molecular weight excluding hydrogens is 394 g/mol. The highest BCUT2D eigenvalue weighted by Gasteiger charge is 2.44. The van der Waals surface area contributed by atoms with Crippen molar-refractivity contribution >= 4 is 16.9 Å². The van der Waals surface area contributed by atoms with E-state index in [4.69, 9.17) is 9.15 Å². The van der Waals surface area contributed by atoms with Gasteiger partial charge < -0.3 is 19.2 Å². The van der Waals surface area contributed by atoms with Crippen LogP contribution in [0.3, 0.4) is 0 Å². The standard InChI is InChI=1S/C25H33NO5/c1-4-7-18-14-22(27)31-21-13-16(2)12-20(23(18)21)30-17(3)24(28)26-11-10-25(29)9-6-5-8-19(25)15-26/h12-14,17,19,29H,4-11,15H2,1-3H3/t17-,19+,25-/m1/s1. The number of amides is 1. The summed E-state index contributed by atoms with van der Waals surface area (Å²) in [5.74, 6) is 0.669. The van der Waals surface area contributed by atoms with E-state index in [1.165, 1.54) is 6.07 Å². The summed E-state index contributed by atoms with van der Waals surface area (Å²) in [6, 6.07) is 5.26. The van der Waals surface area contributed by atoms with Crippen LogP contribution in [-0.4, -0.2) is 40.7 Å². The van der Waals surface area contributed by atoms with Crippen LogP contribution in [0.1, 0.15) is 63.5 Å². The Hall–Kier alpha value is -2.34. The summed E-state index contributed by atoms with van der Waals surface area (Å²) in [5, 5.41) is 11.7. The number of carbonyl (C=O) groups excluding carboxylic acids is 1. The van der Waals surface area contributed by atoms with E-state index in [0.717, 1.165) is 55.0 Å². The molecule has 1 amide bonds. The third kappa shape index (κ3) is 4.36. The zero-order chi connectivity index (χ0) is 22.2. The molecule has 0 radical (unpaired) electrons. The predicted octanol–water partition coefficient (Wildman–Crippen LogP) is 3.97. The molecule has 1 aromatic heterocycles. The number of nitrogens with zero attached hydrogens (tertiary/aromatic N) is 1. The molecule has 0 spiro atoms. The van der Waals surface area contributed by atoms with E-state index in [-0.39, 0.29) is 17.5 Å². The van der Waals surface area contributed by atoms with Crippen molar-refractivity contribution in [2.45, 2.75) is 77.4 Å². The van der Waals surface area contributed by atoms with E-state index < -0.39 is 11.7 Å². The van der Waals surface area contributed by atoms with Gasteiger partial charge in [-0.3, -0.25) is 4.79 Å². The second-order valence-electron chi connectivity index (χ2n) is 9.32. The summed E-state index contributed by atoms with van der Waals surface area (Å²) < 4.78 is 11.6. The molecule has 2 heterocycles. The molecule has 1 saturated heterocycles. The molecule has 168 valence electrons. The highest BCUT2D eigenvalue weighted by atomic mass is 16.5. The van der Waals surface area contributed by atoms with Crippen LogP contribution >= 0.6 is 0 Å². The number of carbonyl (C=O) groups is 1. The van der Waals surface area contributed by atoms with Gasteiger partial charge in [-0.05, 0) is 62.8 Å². The number of ether oxygens (including phenoxy) is 1. The van der Waals surface area contributed by atoms with Crippen molar-refractivity contribution in [3.05, 3.63) is 39.7 Å². The first kappa shape index (κ1) is 21.9. The average Bonchev–Trinajstić information content (AvgIpc) is 2.72. The molecule has 6 nitrogen and oxygen atoms in total. The topological polar surface area (TPSA) is 80.0 Å². The molecule has 1 N–H and O–H groups in total. The predicted molar refractivity (Wildman–Crippen MR) is 119 cm³/mol. The molecule has 1 aliphatic carbocycles. The SMILES string of the molecule is CCCc1cc(=O)oc2cc(C)cc(O[C@H](C)C(=O)N3CC[C@]4(O)CCCC[C@H]4C3)c12. The fourth-order valence-electron chi connectivity index (χ4n) is 5.30. The van der Waals surface area contributed by atoms with Crippen molar-refractivity contribution in [3.63, 3.8) is 0 Å². The number of hydrogen-bond donors (Lipinski definition) is 1. The second kappa shape index (κ2) is 8.65. The van der Waals surface area contributed by atoms with Crippen LogP contribution in [-0.2, 0) is 11.2 Å². The van der Waals surface area contributed by atoms with Crippen molar-refractivity contribution in [2.75, 3.05) is 13.1 Å². The normalized spacial score (nSPS) is 24.6. The lowest BCUT2D eigenvalue weighted by molar-refractivity contribution is -0.149. The minimum absolute atomic E-state index is 0.0586. The number of piperidine rings is 1. The van der Waals surface area contributed by atoms with E-state index in [9.17, 15) is 14.7 Å². The second-order valence-corrected chi connectivity index (χ2v) is 9.32. The molecule has 31 heavy (non-hydrogen) atoms. The molecule has 2 aromatic rings. The summed E-state index contributed by atoms with van der Waals surface area (Å²) in [5.41, 5.74) is 1.30. The van der Waals surface area contributed by atoms with Gasteiger partial charge in [0.2, 0.25) is 0 Å². The molecule has 2 fully saturated rings. The Morgan fingerprint density at radius 3 is 2.90 bits per heavy atom. The molecule has 0 unspecified atom stereocenters. The van der Waals surface area contributed by atoms with Crippen molar-refractivity contribution in [2.24, 2.45) is 5.92 Å². The zero-order valence-corrected chi connectivity index (χ0v) is 18.8. The van der Waals surface area contributed by atoms with E-state index >= 15 is 0 Å². The summed E-state index contributed by atoms with van der Waals surface area (Å²) in [6.07, 6.45) is 5.58. The summed E-state index contributed by atoms with van der Waals surface area (Å²) in [7, 11) is 0. The Balaban J connectivity index is 1.57. The Morgan fingerprint density at radius 2 is 2.13 bits per heavy atom. The average molecular weight is 428 g/mol. The van der Waals surface area contributed by atoms with Crippen LogP contribution in [0.2, 0.25) is 0 Å². The zero-order valence-electron chi connectivity index (χ0n) is 18.8. The smallest absolute Gasteiger partial charge is 0.336 e. The van der Waals surface area contributed by atoms with Gasteiger partial charge in [0.1, 0.15) is 11.3 Å². The molecule has 1 saturated carbocycles. The fourth-order valence-corrected chi connectivity index (χ4v) is 5.30. The van der Waals surface area contributed by atoms with Crippen molar-refractivity contribution in [3.8, 4) is 5.75 Å². The van der Waals surface area contributed by atoms with Gasteiger partial charge in [-0.1, -0.05) is 26.2 Å². The van der Waals surface area contributed by atoms with Gasteiger partial charge in [0.15, 0.2) is 6.10 Å². The highest BCUT2D eigenvalue weighted by Crippen LogP contribution is 2.40. The molecule has 4 rings (SSSR count). The molecule has 0 bridgehead atoms. The van der Waals surface area contributed by atoms with Crippen molar-refractivity contribution in [1.82, 2.24) is 4.90 Å². The van der Waals surface area contributed by atoms with Crippen LogP contribution in [0.4, 0.5) is 0 Å². The number of aliphatic hydroxyl groups is 1.